The normalized spacial score (nSPS) is 22.1. The molecule has 0 saturated carbocycles. The number of furan rings is 1. The molecule has 1 aliphatic rings. The maximum atomic E-state index is 12.6. The highest BCUT2D eigenvalue weighted by Gasteiger charge is 2.39. The molecule has 0 bridgehead atoms. The van der Waals surface area contributed by atoms with Gasteiger partial charge in [-0.1, -0.05) is 6.92 Å². The van der Waals surface area contributed by atoms with Crippen LogP contribution in [0.3, 0.4) is 0 Å². The zero-order chi connectivity index (χ0) is 15.0. The van der Waals surface area contributed by atoms with Crippen LogP contribution in [0.4, 0.5) is 0 Å². The predicted octanol–water partition coefficient (Wildman–Crippen LogP) is 2.09. The Morgan fingerprint density at radius 1 is 1.20 bits per heavy atom. The summed E-state index contributed by atoms with van der Waals surface area (Å²) in [6.07, 6.45) is 0. The van der Waals surface area contributed by atoms with Gasteiger partial charge in [-0.3, -0.25) is 9.59 Å². The monoisotopic (exact) mass is 279 g/mol. The fourth-order valence-corrected chi connectivity index (χ4v) is 2.86. The molecule has 2 unspecified atom stereocenters. The van der Waals surface area contributed by atoms with Crippen molar-refractivity contribution in [1.29, 1.82) is 0 Å². The second-order valence-electron chi connectivity index (χ2n) is 5.53. The summed E-state index contributed by atoms with van der Waals surface area (Å²) in [5, 5.41) is 0. The van der Waals surface area contributed by atoms with Gasteiger partial charge in [-0.05, 0) is 26.7 Å². The minimum Gasteiger partial charge on any atom is -0.469 e. The summed E-state index contributed by atoms with van der Waals surface area (Å²) in [5.41, 5.74) is 1.50. The summed E-state index contributed by atoms with van der Waals surface area (Å²) in [6, 6.07) is 0. The SMILES string of the molecule is COC(=O)C1CN(C(=O)c2c(C)oc(C)c2C)CC1C. The van der Waals surface area contributed by atoms with Crippen LogP contribution in [-0.4, -0.2) is 37.0 Å². The zero-order valence-corrected chi connectivity index (χ0v) is 12.6. The minimum atomic E-state index is -0.246. The quantitative estimate of drug-likeness (QED) is 0.778. The van der Waals surface area contributed by atoms with Gasteiger partial charge in [0.1, 0.15) is 11.5 Å². The molecule has 1 fully saturated rings. The largest absolute Gasteiger partial charge is 0.469 e. The van der Waals surface area contributed by atoms with Crippen LogP contribution in [0.25, 0.3) is 0 Å². The van der Waals surface area contributed by atoms with E-state index in [2.05, 4.69) is 0 Å². The standard InChI is InChI=1S/C15H21NO4/c1-8-6-16(7-12(8)15(18)19-5)14(17)13-9(2)10(3)20-11(13)4/h8,12H,6-7H2,1-5H3. The molecule has 1 saturated heterocycles. The summed E-state index contributed by atoms with van der Waals surface area (Å²) >= 11 is 0. The minimum absolute atomic E-state index is 0.0601. The number of esters is 1. The van der Waals surface area contributed by atoms with Gasteiger partial charge in [-0.2, -0.15) is 0 Å². The van der Waals surface area contributed by atoms with Crippen LogP contribution >= 0.6 is 0 Å². The van der Waals surface area contributed by atoms with E-state index in [4.69, 9.17) is 9.15 Å². The highest BCUT2D eigenvalue weighted by molar-refractivity contribution is 5.97. The first kappa shape index (κ1) is 14.6. The summed E-state index contributed by atoms with van der Waals surface area (Å²) < 4.78 is 10.3. The third-order valence-corrected chi connectivity index (χ3v) is 4.18. The molecule has 0 N–H and O–H groups in total. The van der Waals surface area contributed by atoms with E-state index in [1.807, 2.05) is 20.8 Å². The maximum absolute atomic E-state index is 12.6. The molecule has 20 heavy (non-hydrogen) atoms. The molecular weight excluding hydrogens is 258 g/mol. The Bertz CT molecular complexity index is 546. The number of amides is 1. The highest BCUT2D eigenvalue weighted by atomic mass is 16.5. The smallest absolute Gasteiger partial charge is 0.310 e. The number of nitrogens with zero attached hydrogens (tertiary/aromatic N) is 1. The molecule has 1 aromatic rings. The van der Waals surface area contributed by atoms with Gasteiger partial charge in [0.2, 0.25) is 0 Å². The molecule has 5 nitrogen and oxygen atoms in total. The lowest BCUT2D eigenvalue weighted by molar-refractivity contribution is -0.146. The molecule has 0 spiro atoms. The molecule has 1 amide bonds. The van der Waals surface area contributed by atoms with E-state index >= 15 is 0 Å². The molecule has 0 aromatic carbocycles. The van der Waals surface area contributed by atoms with Crippen LogP contribution in [0.1, 0.15) is 34.4 Å². The van der Waals surface area contributed by atoms with Crippen LogP contribution in [0.5, 0.6) is 0 Å². The van der Waals surface area contributed by atoms with Crippen LogP contribution < -0.4 is 0 Å². The van der Waals surface area contributed by atoms with E-state index < -0.39 is 0 Å². The van der Waals surface area contributed by atoms with E-state index in [-0.39, 0.29) is 23.7 Å². The lowest BCUT2D eigenvalue weighted by atomic mass is 9.99. The van der Waals surface area contributed by atoms with Crippen molar-refractivity contribution in [2.24, 2.45) is 11.8 Å². The number of hydrogen-bond acceptors (Lipinski definition) is 4. The molecular formula is C15H21NO4. The molecule has 5 heteroatoms. The van der Waals surface area contributed by atoms with Crippen molar-refractivity contribution in [1.82, 2.24) is 4.90 Å². The summed E-state index contributed by atoms with van der Waals surface area (Å²) in [4.78, 5) is 26.0. The van der Waals surface area contributed by atoms with Crippen molar-refractivity contribution in [3.05, 3.63) is 22.6 Å². The van der Waals surface area contributed by atoms with E-state index in [1.165, 1.54) is 7.11 Å². The average molecular weight is 279 g/mol. The first-order valence-electron chi connectivity index (χ1n) is 6.80. The molecule has 2 heterocycles. The third kappa shape index (κ3) is 2.32. The van der Waals surface area contributed by atoms with Crippen LogP contribution in [0, 0.1) is 32.6 Å². The Morgan fingerprint density at radius 2 is 1.85 bits per heavy atom. The van der Waals surface area contributed by atoms with Gasteiger partial charge in [0, 0.05) is 18.7 Å². The average Bonchev–Trinajstić information content (AvgIpc) is 2.90. The fraction of sp³-hybridized carbons (Fsp3) is 0.600. The molecule has 0 aliphatic carbocycles. The van der Waals surface area contributed by atoms with E-state index in [9.17, 15) is 9.59 Å². The van der Waals surface area contributed by atoms with Crippen molar-refractivity contribution >= 4 is 11.9 Å². The predicted molar refractivity (Wildman–Crippen MR) is 73.5 cm³/mol. The van der Waals surface area contributed by atoms with Gasteiger partial charge < -0.3 is 14.1 Å². The van der Waals surface area contributed by atoms with Crippen molar-refractivity contribution in [3.63, 3.8) is 0 Å². The Kier molecular flexibility index (Phi) is 3.88. The zero-order valence-electron chi connectivity index (χ0n) is 12.6. The van der Waals surface area contributed by atoms with E-state index in [1.54, 1.807) is 11.8 Å². The lowest BCUT2D eigenvalue weighted by Gasteiger charge is -2.16. The van der Waals surface area contributed by atoms with Crippen molar-refractivity contribution in [2.75, 3.05) is 20.2 Å². The number of methoxy groups -OCH3 is 1. The molecule has 0 radical (unpaired) electrons. The first-order chi connectivity index (χ1) is 9.36. The van der Waals surface area contributed by atoms with Gasteiger partial charge in [-0.25, -0.2) is 0 Å². The third-order valence-electron chi connectivity index (χ3n) is 4.18. The summed E-state index contributed by atoms with van der Waals surface area (Å²) in [5.74, 6) is 0.971. The number of carbonyl (C=O) groups is 2. The highest BCUT2D eigenvalue weighted by Crippen LogP contribution is 2.28. The van der Waals surface area contributed by atoms with Crippen molar-refractivity contribution < 1.29 is 18.7 Å². The molecule has 110 valence electrons. The maximum Gasteiger partial charge on any atom is 0.310 e. The first-order valence-corrected chi connectivity index (χ1v) is 6.80. The second-order valence-corrected chi connectivity index (χ2v) is 5.53. The van der Waals surface area contributed by atoms with E-state index in [0.29, 0.717) is 24.4 Å². The Hall–Kier alpha value is -1.78. The van der Waals surface area contributed by atoms with Crippen molar-refractivity contribution in [2.45, 2.75) is 27.7 Å². The molecule has 2 atom stereocenters. The number of hydrogen-bond donors (Lipinski definition) is 0. The molecule has 2 rings (SSSR count). The topological polar surface area (TPSA) is 59.8 Å². The fourth-order valence-electron chi connectivity index (χ4n) is 2.86. The Morgan fingerprint density at radius 3 is 2.35 bits per heavy atom. The number of carbonyl (C=O) groups excluding carboxylic acids is 2. The van der Waals surface area contributed by atoms with Crippen molar-refractivity contribution in [3.8, 4) is 0 Å². The van der Waals surface area contributed by atoms with Crippen LogP contribution in [0.15, 0.2) is 4.42 Å². The Labute approximate surface area is 118 Å². The lowest BCUT2D eigenvalue weighted by Crippen LogP contribution is -2.30. The van der Waals surface area contributed by atoms with Gasteiger partial charge in [0.05, 0.1) is 18.6 Å². The van der Waals surface area contributed by atoms with Gasteiger partial charge in [0.15, 0.2) is 0 Å². The number of likely N-dealkylation sites (tertiary alicyclic amines) is 1. The number of rotatable bonds is 2. The Balaban J connectivity index is 2.21. The number of aryl methyl sites for hydroxylation is 2. The summed E-state index contributed by atoms with van der Waals surface area (Å²) in [7, 11) is 1.38. The number of ether oxygens (including phenoxy) is 1. The van der Waals surface area contributed by atoms with Gasteiger partial charge in [0.25, 0.3) is 5.91 Å². The molecule has 1 aliphatic heterocycles. The summed E-state index contributed by atoms with van der Waals surface area (Å²) in [6.45, 7) is 8.48. The second kappa shape index (κ2) is 5.31. The molecule has 1 aromatic heterocycles. The van der Waals surface area contributed by atoms with Gasteiger partial charge >= 0.3 is 5.97 Å². The van der Waals surface area contributed by atoms with Gasteiger partial charge in [-0.15, -0.1) is 0 Å². The van der Waals surface area contributed by atoms with E-state index in [0.717, 1.165) is 11.3 Å². The van der Waals surface area contributed by atoms with Crippen LogP contribution in [-0.2, 0) is 9.53 Å². The van der Waals surface area contributed by atoms with Crippen LogP contribution in [0.2, 0.25) is 0 Å².